The van der Waals surface area contributed by atoms with Gasteiger partial charge < -0.3 is 11.1 Å². The van der Waals surface area contributed by atoms with Crippen molar-refractivity contribution in [2.45, 2.75) is 24.3 Å². The molecule has 0 aliphatic heterocycles. The van der Waals surface area contributed by atoms with E-state index in [4.69, 9.17) is 5.73 Å². The number of rotatable bonds is 6. The van der Waals surface area contributed by atoms with E-state index in [-0.39, 0.29) is 5.91 Å². The fraction of sp³-hybridized carbons (Fsp3) is 0.462. The van der Waals surface area contributed by atoms with E-state index < -0.39 is 0 Å². The maximum atomic E-state index is 11.5. The van der Waals surface area contributed by atoms with Crippen molar-refractivity contribution in [1.29, 1.82) is 0 Å². The van der Waals surface area contributed by atoms with Gasteiger partial charge in [0.1, 0.15) is 0 Å². The molecule has 0 aromatic heterocycles. The van der Waals surface area contributed by atoms with E-state index >= 15 is 0 Å². The van der Waals surface area contributed by atoms with E-state index in [1.807, 2.05) is 24.3 Å². The van der Waals surface area contributed by atoms with Crippen LogP contribution in [0.4, 0.5) is 0 Å². The van der Waals surface area contributed by atoms with Gasteiger partial charge in [0.25, 0.3) is 0 Å². The Bertz CT molecular complexity index is 391. The standard InChI is InChI=1S/C13H18N2OS/c14-7-11-2-1-3-12(6-11)17-9-13(16)15-8-10-4-5-10/h1-3,6,10H,4-5,7-9,14H2,(H,15,16). The number of hydrogen-bond acceptors (Lipinski definition) is 3. The third-order valence-corrected chi connectivity index (χ3v) is 3.78. The van der Waals surface area contributed by atoms with Gasteiger partial charge in [-0.3, -0.25) is 4.79 Å². The largest absolute Gasteiger partial charge is 0.355 e. The third kappa shape index (κ3) is 4.40. The number of carbonyl (C=O) groups is 1. The van der Waals surface area contributed by atoms with Gasteiger partial charge in [-0.05, 0) is 36.5 Å². The predicted octanol–water partition coefficient (Wildman–Crippen LogP) is 1.76. The van der Waals surface area contributed by atoms with E-state index in [2.05, 4.69) is 5.32 Å². The molecule has 0 saturated heterocycles. The first-order chi connectivity index (χ1) is 8.28. The lowest BCUT2D eigenvalue weighted by Gasteiger charge is -2.05. The summed E-state index contributed by atoms with van der Waals surface area (Å²) in [7, 11) is 0. The molecule has 1 saturated carbocycles. The summed E-state index contributed by atoms with van der Waals surface area (Å²) >= 11 is 1.56. The summed E-state index contributed by atoms with van der Waals surface area (Å²) in [5.74, 6) is 1.35. The minimum absolute atomic E-state index is 0.125. The maximum absolute atomic E-state index is 11.5. The molecule has 0 radical (unpaired) electrons. The number of thioether (sulfide) groups is 1. The van der Waals surface area contributed by atoms with Gasteiger partial charge in [0.05, 0.1) is 5.75 Å². The highest BCUT2D eigenvalue weighted by molar-refractivity contribution is 8.00. The van der Waals surface area contributed by atoms with E-state index in [0.29, 0.717) is 12.3 Å². The second kappa shape index (κ2) is 6.07. The van der Waals surface area contributed by atoms with Crippen LogP contribution in [-0.4, -0.2) is 18.2 Å². The summed E-state index contributed by atoms with van der Waals surface area (Å²) in [5, 5.41) is 2.96. The van der Waals surface area contributed by atoms with Crippen molar-refractivity contribution in [3.63, 3.8) is 0 Å². The molecule has 0 bridgehead atoms. The van der Waals surface area contributed by atoms with Gasteiger partial charge in [-0.1, -0.05) is 12.1 Å². The van der Waals surface area contributed by atoms with Crippen LogP contribution in [0.2, 0.25) is 0 Å². The number of amides is 1. The molecular weight excluding hydrogens is 232 g/mol. The first-order valence-electron chi connectivity index (χ1n) is 5.96. The Labute approximate surface area is 106 Å². The van der Waals surface area contributed by atoms with Crippen molar-refractivity contribution in [3.05, 3.63) is 29.8 Å². The molecule has 17 heavy (non-hydrogen) atoms. The summed E-state index contributed by atoms with van der Waals surface area (Å²) < 4.78 is 0. The molecule has 1 amide bonds. The van der Waals surface area contributed by atoms with Gasteiger partial charge in [0, 0.05) is 18.0 Å². The first-order valence-corrected chi connectivity index (χ1v) is 6.95. The summed E-state index contributed by atoms with van der Waals surface area (Å²) in [4.78, 5) is 12.7. The predicted molar refractivity (Wildman–Crippen MR) is 70.8 cm³/mol. The number of benzene rings is 1. The van der Waals surface area contributed by atoms with Crippen molar-refractivity contribution in [1.82, 2.24) is 5.32 Å². The van der Waals surface area contributed by atoms with Gasteiger partial charge in [-0.25, -0.2) is 0 Å². The van der Waals surface area contributed by atoms with Crippen molar-refractivity contribution >= 4 is 17.7 Å². The number of hydrogen-bond donors (Lipinski definition) is 2. The van der Waals surface area contributed by atoms with Gasteiger partial charge >= 0.3 is 0 Å². The molecule has 0 unspecified atom stereocenters. The van der Waals surface area contributed by atoms with E-state index in [0.717, 1.165) is 22.9 Å². The quantitative estimate of drug-likeness (QED) is 0.756. The Hall–Kier alpha value is -1.00. The SMILES string of the molecule is NCc1cccc(SCC(=O)NCC2CC2)c1. The molecule has 1 aliphatic rings. The molecule has 1 aromatic carbocycles. The molecule has 92 valence electrons. The molecule has 3 nitrogen and oxygen atoms in total. The van der Waals surface area contributed by atoms with Crippen LogP contribution in [0.3, 0.4) is 0 Å². The van der Waals surface area contributed by atoms with Crippen LogP contribution < -0.4 is 11.1 Å². The highest BCUT2D eigenvalue weighted by Crippen LogP contribution is 2.27. The topological polar surface area (TPSA) is 55.1 Å². The number of nitrogens with one attached hydrogen (secondary N) is 1. The summed E-state index contributed by atoms with van der Waals surface area (Å²) in [6.07, 6.45) is 2.54. The number of carbonyl (C=O) groups excluding carboxylic acids is 1. The second-order valence-electron chi connectivity index (χ2n) is 4.39. The van der Waals surface area contributed by atoms with Gasteiger partial charge in [-0.15, -0.1) is 11.8 Å². The smallest absolute Gasteiger partial charge is 0.230 e. The normalized spacial score (nSPS) is 14.6. The molecule has 1 fully saturated rings. The van der Waals surface area contributed by atoms with Crippen LogP contribution in [0.25, 0.3) is 0 Å². The lowest BCUT2D eigenvalue weighted by Crippen LogP contribution is -2.27. The van der Waals surface area contributed by atoms with E-state index in [9.17, 15) is 4.79 Å². The zero-order valence-electron chi connectivity index (χ0n) is 9.82. The van der Waals surface area contributed by atoms with Crippen molar-refractivity contribution in [3.8, 4) is 0 Å². The van der Waals surface area contributed by atoms with Crippen LogP contribution in [-0.2, 0) is 11.3 Å². The zero-order valence-corrected chi connectivity index (χ0v) is 10.6. The van der Waals surface area contributed by atoms with Crippen molar-refractivity contribution in [2.75, 3.05) is 12.3 Å². The zero-order chi connectivity index (χ0) is 12.1. The molecule has 0 spiro atoms. The van der Waals surface area contributed by atoms with Crippen LogP contribution in [0, 0.1) is 5.92 Å². The molecule has 4 heteroatoms. The molecule has 0 heterocycles. The van der Waals surface area contributed by atoms with Gasteiger partial charge in [0.15, 0.2) is 0 Å². The van der Waals surface area contributed by atoms with E-state index in [1.165, 1.54) is 12.8 Å². The van der Waals surface area contributed by atoms with Gasteiger partial charge in [0.2, 0.25) is 5.91 Å². The average Bonchev–Trinajstić information content (AvgIpc) is 3.18. The lowest BCUT2D eigenvalue weighted by molar-refractivity contribution is -0.118. The average molecular weight is 250 g/mol. The highest BCUT2D eigenvalue weighted by atomic mass is 32.2. The van der Waals surface area contributed by atoms with E-state index in [1.54, 1.807) is 11.8 Å². The first kappa shape index (κ1) is 12.5. The Kier molecular flexibility index (Phi) is 4.45. The fourth-order valence-corrected chi connectivity index (χ4v) is 2.35. The minimum atomic E-state index is 0.125. The Morgan fingerprint density at radius 1 is 1.47 bits per heavy atom. The van der Waals surface area contributed by atoms with Crippen LogP contribution in [0.5, 0.6) is 0 Å². The monoisotopic (exact) mass is 250 g/mol. The fourth-order valence-electron chi connectivity index (χ4n) is 1.54. The lowest BCUT2D eigenvalue weighted by atomic mass is 10.2. The van der Waals surface area contributed by atoms with Crippen molar-refractivity contribution < 1.29 is 4.79 Å². The molecule has 0 atom stereocenters. The molecule has 1 aromatic rings. The maximum Gasteiger partial charge on any atom is 0.230 e. The highest BCUT2D eigenvalue weighted by Gasteiger charge is 2.21. The van der Waals surface area contributed by atoms with Crippen molar-refractivity contribution in [2.24, 2.45) is 11.7 Å². The third-order valence-electron chi connectivity index (χ3n) is 2.79. The summed E-state index contributed by atoms with van der Waals surface area (Å²) in [5.41, 5.74) is 6.68. The minimum Gasteiger partial charge on any atom is -0.355 e. The molecule has 2 rings (SSSR count). The Morgan fingerprint density at radius 3 is 3.00 bits per heavy atom. The second-order valence-corrected chi connectivity index (χ2v) is 5.44. The Morgan fingerprint density at radius 2 is 2.29 bits per heavy atom. The van der Waals surface area contributed by atoms with Gasteiger partial charge in [-0.2, -0.15) is 0 Å². The van der Waals surface area contributed by atoms with Crippen LogP contribution >= 0.6 is 11.8 Å². The summed E-state index contributed by atoms with van der Waals surface area (Å²) in [6, 6.07) is 8.03. The molecule has 1 aliphatic carbocycles. The number of nitrogens with two attached hydrogens (primary N) is 1. The van der Waals surface area contributed by atoms with Crippen LogP contribution in [0.1, 0.15) is 18.4 Å². The Balaban J connectivity index is 1.73. The molecular formula is C13H18N2OS. The molecule has 3 N–H and O–H groups in total. The summed E-state index contributed by atoms with van der Waals surface area (Å²) in [6.45, 7) is 1.39. The van der Waals surface area contributed by atoms with Crippen LogP contribution in [0.15, 0.2) is 29.2 Å².